The summed E-state index contributed by atoms with van der Waals surface area (Å²) in [4.78, 5) is 16.2. The highest BCUT2D eigenvalue weighted by molar-refractivity contribution is 5.95. The standard InChI is InChI=1S/C15H17F2N5O/c1-9-5-10(2)22(21-9)13-4-3-11(7-18-13)20-14(23)12-6-15(16,17)8-19-12/h3-5,7,12,19H,6,8H2,1-2H3,(H,20,23). The van der Waals surface area contributed by atoms with Crippen molar-refractivity contribution in [3.05, 3.63) is 35.8 Å². The number of amides is 1. The average molecular weight is 321 g/mol. The number of alkyl halides is 2. The van der Waals surface area contributed by atoms with Crippen LogP contribution in [0.4, 0.5) is 14.5 Å². The molecule has 1 saturated heterocycles. The zero-order valence-corrected chi connectivity index (χ0v) is 12.8. The monoisotopic (exact) mass is 321 g/mol. The van der Waals surface area contributed by atoms with E-state index in [1.165, 1.54) is 6.20 Å². The maximum Gasteiger partial charge on any atom is 0.262 e. The first-order chi connectivity index (χ1) is 10.8. The van der Waals surface area contributed by atoms with Gasteiger partial charge in [0.2, 0.25) is 5.91 Å². The highest BCUT2D eigenvalue weighted by atomic mass is 19.3. The molecule has 0 bridgehead atoms. The maximum atomic E-state index is 13.1. The zero-order valence-electron chi connectivity index (χ0n) is 12.8. The molecular formula is C15H17F2N5O. The van der Waals surface area contributed by atoms with Gasteiger partial charge in [-0.1, -0.05) is 0 Å². The third-order valence-corrected chi connectivity index (χ3v) is 3.67. The Hall–Kier alpha value is -2.35. The number of halogens is 2. The molecule has 1 fully saturated rings. The predicted molar refractivity (Wildman–Crippen MR) is 80.8 cm³/mol. The normalized spacial score (nSPS) is 19.7. The molecular weight excluding hydrogens is 304 g/mol. The number of pyridine rings is 1. The molecule has 3 heterocycles. The van der Waals surface area contributed by atoms with Gasteiger partial charge >= 0.3 is 0 Å². The van der Waals surface area contributed by atoms with Gasteiger partial charge < -0.3 is 5.32 Å². The van der Waals surface area contributed by atoms with Crippen molar-refractivity contribution in [2.24, 2.45) is 0 Å². The third kappa shape index (κ3) is 3.37. The SMILES string of the molecule is Cc1cc(C)n(-c2ccc(NC(=O)C3CC(F)(F)CN3)cn2)n1. The summed E-state index contributed by atoms with van der Waals surface area (Å²) < 4.78 is 27.9. The molecule has 3 rings (SSSR count). The maximum absolute atomic E-state index is 13.1. The van der Waals surface area contributed by atoms with Gasteiger partial charge in [0.1, 0.15) is 0 Å². The van der Waals surface area contributed by atoms with E-state index in [2.05, 4.69) is 20.7 Å². The summed E-state index contributed by atoms with van der Waals surface area (Å²) in [6.07, 6.45) is 0.993. The van der Waals surface area contributed by atoms with Gasteiger partial charge in [0, 0.05) is 12.1 Å². The Balaban J connectivity index is 1.68. The lowest BCUT2D eigenvalue weighted by Gasteiger charge is -2.11. The minimum absolute atomic E-state index is 0.456. The molecule has 2 aromatic rings. The van der Waals surface area contributed by atoms with Crippen molar-refractivity contribution >= 4 is 11.6 Å². The van der Waals surface area contributed by atoms with Crippen molar-refractivity contribution in [1.82, 2.24) is 20.1 Å². The molecule has 122 valence electrons. The number of nitrogens with zero attached hydrogens (tertiary/aromatic N) is 3. The molecule has 1 aliphatic heterocycles. The number of anilines is 1. The molecule has 2 aromatic heterocycles. The Bertz CT molecular complexity index is 726. The summed E-state index contributed by atoms with van der Waals surface area (Å²) in [5.74, 6) is -2.69. The molecule has 6 nitrogen and oxygen atoms in total. The van der Waals surface area contributed by atoms with Gasteiger partial charge in [-0.3, -0.25) is 10.1 Å². The Morgan fingerprint density at radius 2 is 2.22 bits per heavy atom. The van der Waals surface area contributed by atoms with Crippen LogP contribution in [0.2, 0.25) is 0 Å². The lowest BCUT2D eigenvalue weighted by atomic mass is 10.2. The lowest BCUT2D eigenvalue weighted by Crippen LogP contribution is -2.35. The Morgan fingerprint density at radius 1 is 1.43 bits per heavy atom. The summed E-state index contributed by atoms with van der Waals surface area (Å²) in [5.41, 5.74) is 2.29. The third-order valence-electron chi connectivity index (χ3n) is 3.67. The number of hydrogen-bond donors (Lipinski definition) is 2. The fraction of sp³-hybridized carbons (Fsp3) is 0.400. The molecule has 2 N–H and O–H groups in total. The number of carbonyl (C=O) groups is 1. The van der Waals surface area contributed by atoms with Crippen LogP contribution in [0.15, 0.2) is 24.4 Å². The van der Waals surface area contributed by atoms with Crippen molar-refractivity contribution in [1.29, 1.82) is 0 Å². The van der Waals surface area contributed by atoms with Crippen LogP contribution in [0.5, 0.6) is 0 Å². The smallest absolute Gasteiger partial charge is 0.262 e. The van der Waals surface area contributed by atoms with E-state index in [0.717, 1.165) is 11.4 Å². The van der Waals surface area contributed by atoms with Crippen LogP contribution in [-0.2, 0) is 4.79 Å². The molecule has 0 aromatic carbocycles. The second kappa shape index (κ2) is 5.69. The van der Waals surface area contributed by atoms with Gasteiger partial charge in [0.15, 0.2) is 5.82 Å². The van der Waals surface area contributed by atoms with E-state index >= 15 is 0 Å². The minimum Gasteiger partial charge on any atom is -0.323 e. The fourth-order valence-corrected chi connectivity index (χ4v) is 2.58. The number of nitrogens with one attached hydrogen (secondary N) is 2. The van der Waals surface area contributed by atoms with Crippen LogP contribution in [0.1, 0.15) is 17.8 Å². The van der Waals surface area contributed by atoms with Crippen molar-refractivity contribution < 1.29 is 13.6 Å². The van der Waals surface area contributed by atoms with E-state index in [-0.39, 0.29) is 0 Å². The number of hydrogen-bond acceptors (Lipinski definition) is 4. The quantitative estimate of drug-likeness (QED) is 0.904. The lowest BCUT2D eigenvalue weighted by molar-refractivity contribution is -0.118. The fourth-order valence-electron chi connectivity index (χ4n) is 2.58. The molecule has 1 unspecified atom stereocenters. The molecule has 23 heavy (non-hydrogen) atoms. The van der Waals surface area contributed by atoms with Crippen molar-refractivity contribution in [2.75, 3.05) is 11.9 Å². The van der Waals surface area contributed by atoms with Gasteiger partial charge in [0.05, 0.1) is 30.2 Å². The van der Waals surface area contributed by atoms with E-state index < -0.39 is 30.8 Å². The van der Waals surface area contributed by atoms with E-state index in [1.807, 2.05) is 19.9 Å². The minimum atomic E-state index is -2.83. The van der Waals surface area contributed by atoms with Gasteiger partial charge in [-0.2, -0.15) is 5.10 Å². The molecule has 8 heteroatoms. The summed E-state index contributed by atoms with van der Waals surface area (Å²) in [6.45, 7) is 3.34. The molecule has 0 saturated carbocycles. The molecule has 1 aliphatic rings. The van der Waals surface area contributed by atoms with Crippen molar-refractivity contribution in [3.63, 3.8) is 0 Å². The Labute approximate surface area is 131 Å². The highest BCUT2D eigenvalue weighted by Crippen LogP contribution is 2.25. The summed E-state index contributed by atoms with van der Waals surface area (Å²) >= 11 is 0. The van der Waals surface area contributed by atoms with Crippen LogP contribution >= 0.6 is 0 Å². The van der Waals surface area contributed by atoms with Crippen LogP contribution < -0.4 is 10.6 Å². The first-order valence-electron chi connectivity index (χ1n) is 7.26. The Kier molecular flexibility index (Phi) is 3.85. The van der Waals surface area contributed by atoms with Crippen LogP contribution in [-0.4, -0.2) is 39.2 Å². The molecule has 0 radical (unpaired) electrons. The summed E-state index contributed by atoms with van der Waals surface area (Å²) in [6, 6.07) is 4.43. The topological polar surface area (TPSA) is 71.8 Å². The highest BCUT2D eigenvalue weighted by Gasteiger charge is 2.42. The molecule has 0 spiro atoms. The first-order valence-corrected chi connectivity index (χ1v) is 7.26. The first kappa shape index (κ1) is 15.5. The van der Waals surface area contributed by atoms with E-state index in [0.29, 0.717) is 11.5 Å². The van der Waals surface area contributed by atoms with Crippen LogP contribution in [0.25, 0.3) is 5.82 Å². The van der Waals surface area contributed by atoms with Crippen LogP contribution in [0, 0.1) is 13.8 Å². The summed E-state index contributed by atoms with van der Waals surface area (Å²) in [5, 5.41) is 9.43. The van der Waals surface area contributed by atoms with Crippen LogP contribution in [0.3, 0.4) is 0 Å². The largest absolute Gasteiger partial charge is 0.323 e. The number of rotatable bonds is 3. The van der Waals surface area contributed by atoms with E-state index in [9.17, 15) is 13.6 Å². The second-order valence-corrected chi connectivity index (χ2v) is 5.73. The van der Waals surface area contributed by atoms with Crippen molar-refractivity contribution in [3.8, 4) is 5.82 Å². The Morgan fingerprint density at radius 3 is 2.74 bits per heavy atom. The van der Waals surface area contributed by atoms with Gasteiger partial charge in [-0.25, -0.2) is 18.4 Å². The van der Waals surface area contributed by atoms with Gasteiger partial charge in [0.25, 0.3) is 5.92 Å². The van der Waals surface area contributed by atoms with Gasteiger partial charge in [-0.05, 0) is 32.0 Å². The number of aromatic nitrogens is 3. The van der Waals surface area contributed by atoms with Gasteiger partial charge in [-0.15, -0.1) is 0 Å². The molecule has 1 amide bonds. The van der Waals surface area contributed by atoms with E-state index in [4.69, 9.17) is 0 Å². The second-order valence-electron chi connectivity index (χ2n) is 5.73. The van der Waals surface area contributed by atoms with E-state index in [1.54, 1.807) is 16.8 Å². The zero-order chi connectivity index (χ0) is 16.6. The summed E-state index contributed by atoms with van der Waals surface area (Å²) in [7, 11) is 0. The molecule has 0 aliphatic carbocycles. The number of carbonyl (C=O) groups excluding carboxylic acids is 1. The van der Waals surface area contributed by atoms with Crippen molar-refractivity contribution in [2.45, 2.75) is 32.2 Å². The number of aryl methyl sites for hydroxylation is 2. The molecule has 1 atom stereocenters. The predicted octanol–water partition coefficient (Wildman–Crippen LogP) is 1.82. The average Bonchev–Trinajstić information content (AvgIpc) is 3.01.